The molecule has 2 aromatic rings. The summed E-state index contributed by atoms with van der Waals surface area (Å²) in [7, 11) is -4.15. The first-order chi connectivity index (χ1) is 15.6. The first kappa shape index (κ1) is 24.0. The van der Waals surface area contributed by atoms with Crippen molar-refractivity contribution >= 4 is 13.6 Å². The fourth-order valence-electron chi connectivity index (χ4n) is 3.70. The van der Waals surface area contributed by atoms with Crippen LogP contribution >= 0.6 is 7.82 Å². The summed E-state index contributed by atoms with van der Waals surface area (Å²) in [6, 6.07) is 6.05. The van der Waals surface area contributed by atoms with E-state index < -0.39 is 56.7 Å². The molecule has 1 aromatic heterocycles. The Bertz CT molecular complexity index is 1070. The molecule has 6 atom stereocenters. The highest BCUT2D eigenvalue weighted by Gasteiger charge is 2.49. The Balaban J connectivity index is 1.42. The van der Waals surface area contributed by atoms with E-state index in [4.69, 9.17) is 18.3 Å². The van der Waals surface area contributed by atoms with Gasteiger partial charge in [0.15, 0.2) is 24.3 Å². The van der Waals surface area contributed by atoms with Gasteiger partial charge in [-0.15, -0.1) is 0 Å². The first-order valence-electron chi connectivity index (χ1n) is 10.2. The number of carbonyl (C=O) groups is 1. The zero-order valence-corrected chi connectivity index (χ0v) is 18.4. The van der Waals surface area contributed by atoms with E-state index >= 15 is 0 Å². The second-order valence-electron chi connectivity index (χ2n) is 7.80. The van der Waals surface area contributed by atoms with Crippen LogP contribution in [0.15, 0.2) is 42.7 Å². The number of rotatable bonds is 6. The molecule has 0 bridgehead atoms. The minimum atomic E-state index is -4.15. The first-order valence-corrected chi connectivity index (χ1v) is 11.7. The second kappa shape index (κ2) is 9.63. The minimum absolute atomic E-state index is 0.0485. The number of Topliss-reactive ketones (excluding diaryl/α,β-unsaturated/α-hetero) is 1. The van der Waals surface area contributed by atoms with Crippen LogP contribution in [-0.2, 0) is 22.9 Å². The van der Waals surface area contributed by atoms with E-state index in [0.29, 0.717) is 11.6 Å². The van der Waals surface area contributed by atoms with Crippen molar-refractivity contribution in [1.82, 2.24) is 0 Å². The molecule has 3 heterocycles. The number of phosphoric ester groups is 1. The fraction of sp³-hybridized carbons (Fsp3) is 0.429. The minimum Gasteiger partial charge on any atom is -0.387 e. The van der Waals surface area contributed by atoms with Gasteiger partial charge < -0.3 is 14.9 Å². The van der Waals surface area contributed by atoms with E-state index in [2.05, 4.69) is 0 Å². The highest BCUT2D eigenvalue weighted by Crippen LogP contribution is 2.57. The van der Waals surface area contributed by atoms with E-state index in [1.54, 1.807) is 18.3 Å². The lowest BCUT2D eigenvalue weighted by molar-refractivity contribution is -0.765. The molecule has 2 saturated heterocycles. The molecule has 2 unspecified atom stereocenters. The third-order valence-corrected chi connectivity index (χ3v) is 6.88. The molecule has 1 aromatic carbocycles. The van der Waals surface area contributed by atoms with Crippen LogP contribution in [0.4, 0.5) is 8.78 Å². The molecule has 0 spiro atoms. The molecule has 2 N–H and O–H groups in total. The summed E-state index contributed by atoms with van der Waals surface area (Å²) in [6.45, 7) is 0.889. The van der Waals surface area contributed by atoms with Gasteiger partial charge in [0.05, 0.1) is 24.9 Å². The van der Waals surface area contributed by atoms with Gasteiger partial charge in [0.1, 0.15) is 23.8 Å². The maximum Gasteiger partial charge on any atom is 0.475 e. The van der Waals surface area contributed by atoms with Crippen molar-refractivity contribution in [2.75, 3.05) is 13.2 Å². The molecule has 0 saturated carbocycles. The van der Waals surface area contributed by atoms with Crippen molar-refractivity contribution < 1.29 is 51.2 Å². The largest absolute Gasteiger partial charge is 0.475 e. The van der Waals surface area contributed by atoms with Crippen LogP contribution < -0.4 is 4.57 Å². The number of aromatic nitrogens is 1. The number of halogens is 2. The van der Waals surface area contributed by atoms with Gasteiger partial charge in [-0.25, -0.2) is 13.3 Å². The number of aliphatic hydroxyl groups excluding tert-OH is 2. The molecule has 33 heavy (non-hydrogen) atoms. The maximum atomic E-state index is 13.5. The number of hydrogen-bond donors (Lipinski definition) is 2. The molecule has 12 heteroatoms. The summed E-state index contributed by atoms with van der Waals surface area (Å²) in [5, 5.41) is 20.8. The van der Waals surface area contributed by atoms with E-state index in [9.17, 15) is 28.4 Å². The normalized spacial score (nSPS) is 32.1. The van der Waals surface area contributed by atoms with Gasteiger partial charge in [0.25, 0.3) is 6.23 Å². The molecule has 0 aliphatic carbocycles. The van der Waals surface area contributed by atoms with Crippen LogP contribution in [0.2, 0.25) is 0 Å². The number of nitrogens with zero attached hydrogens (tertiary/aromatic N) is 1. The van der Waals surface area contributed by atoms with Gasteiger partial charge in [-0.3, -0.25) is 18.4 Å². The van der Waals surface area contributed by atoms with Gasteiger partial charge in [-0.05, 0) is 30.7 Å². The van der Waals surface area contributed by atoms with Crippen LogP contribution in [0.1, 0.15) is 41.6 Å². The van der Waals surface area contributed by atoms with Crippen LogP contribution in [0.5, 0.6) is 0 Å². The Hall–Kier alpha value is -2.11. The lowest BCUT2D eigenvalue weighted by Gasteiger charge is -2.29. The Morgan fingerprint density at radius 1 is 1.24 bits per heavy atom. The molecule has 0 radical (unpaired) electrons. The number of ether oxygens (including phenoxy) is 1. The van der Waals surface area contributed by atoms with Crippen molar-refractivity contribution in [3.05, 3.63) is 65.5 Å². The van der Waals surface area contributed by atoms with Crippen molar-refractivity contribution in [2.45, 2.75) is 44.0 Å². The average molecular weight is 486 g/mol. The van der Waals surface area contributed by atoms with E-state index in [-0.39, 0.29) is 24.4 Å². The van der Waals surface area contributed by atoms with Crippen molar-refractivity contribution in [2.24, 2.45) is 0 Å². The highest BCUT2D eigenvalue weighted by atomic mass is 31.2. The van der Waals surface area contributed by atoms with Crippen LogP contribution in [0.3, 0.4) is 0 Å². The monoisotopic (exact) mass is 486 g/mol. The summed E-state index contributed by atoms with van der Waals surface area (Å²) in [4.78, 5) is 11.6. The van der Waals surface area contributed by atoms with Crippen molar-refractivity contribution in [3.8, 4) is 0 Å². The molecule has 0 amide bonds. The van der Waals surface area contributed by atoms with E-state index in [1.165, 1.54) is 17.7 Å². The molecule has 178 valence electrons. The SMILES string of the molecule is CC(=O)c1ccc[n+]([C@@H]2O[C@H](COP3(=O)OCC[C@@H](c4cc(F)cc(F)c4)O3)C(O)[C@@H]2O)c1. The van der Waals surface area contributed by atoms with Gasteiger partial charge in [0, 0.05) is 18.6 Å². The van der Waals surface area contributed by atoms with Gasteiger partial charge in [-0.1, -0.05) is 0 Å². The molecular formula is C21H23F2NO8P+. The van der Waals surface area contributed by atoms with E-state index in [1.807, 2.05) is 0 Å². The Labute approximate surface area is 188 Å². The third-order valence-electron chi connectivity index (χ3n) is 5.40. The summed E-state index contributed by atoms with van der Waals surface area (Å²) in [6.07, 6.45) is -2.56. The lowest BCUT2D eigenvalue weighted by atomic mass is 10.1. The summed E-state index contributed by atoms with van der Waals surface area (Å²) >= 11 is 0. The molecule has 2 fully saturated rings. The molecule has 9 nitrogen and oxygen atoms in total. The number of hydrogen-bond acceptors (Lipinski definition) is 8. The third kappa shape index (κ3) is 5.36. The number of pyridine rings is 1. The summed E-state index contributed by atoms with van der Waals surface area (Å²) in [5.74, 6) is -1.79. The van der Waals surface area contributed by atoms with Crippen molar-refractivity contribution in [3.63, 3.8) is 0 Å². The molecule has 2 aliphatic rings. The Morgan fingerprint density at radius 3 is 2.67 bits per heavy atom. The van der Waals surface area contributed by atoms with Gasteiger partial charge in [-0.2, -0.15) is 4.57 Å². The zero-order chi connectivity index (χ0) is 23.8. The lowest BCUT2D eigenvalue weighted by Crippen LogP contribution is -2.46. The summed E-state index contributed by atoms with van der Waals surface area (Å²) < 4.78 is 62.9. The maximum absolute atomic E-state index is 13.5. The van der Waals surface area contributed by atoms with Crippen molar-refractivity contribution in [1.29, 1.82) is 0 Å². The Kier molecular flexibility index (Phi) is 7.01. The predicted octanol–water partition coefficient (Wildman–Crippen LogP) is 2.38. The number of carbonyl (C=O) groups excluding carboxylic acids is 1. The standard InChI is InChI=1S/C21H23F2NO8P/c1-12(25)13-3-2-5-24(10-13)21-20(27)19(26)18(31-21)11-30-33(28)29-6-4-17(32-33)14-7-15(22)9-16(23)8-14/h2-3,5,7-10,17-21,26-27H,4,6,11H2,1H3/q+1/t17-,18+,19?,20-,21+,33?/m0/s1. The Morgan fingerprint density at radius 2 is 1.97 bits per heavy atom. The number of phosphoric acid groups is 1. The van der Waals surface area contributed by atoms with Crippen LogP contribution in [0, 0.1) is 11.6 Å². The van der Waals surface area contributed by atoms with E-state index in [0.717, 1.165) is 12.1 Å². The quantitative estimate of drug-likeness (QED) is 0.363. The van der Waals surface area contributed by atoms with Crippen LogP contribution in [-0.4, -0.2) is 47.5 Å². The van der Waals surface area contributed by atoms with Gasteiger partial charge >= 0.3 is 7.82 Å². The zero-order valence-electron chi connectivity index (χ0n) is 17.5. The highest BCUT2D eigenvalue weighted by molar-refractivity contribution is 7.48. The molecular weight excluding hydrogens is 463 g/mol. The smallest absolute Gasteiger partial charge is 0.387 e. The number of aliphatic hydroxyl groups is 2. The number of ketones is 1. The molecule has 2 aliphatic heterocycles. The second-order valence-corrected chi connectivity index (χ2v) is 9.43. The van der Waals surface area contributed by atoms with Gasteiger partial charge in [0.2, 0.25) is 0 Å². The molecule has 4 rings (SSSR count). The average Bonchev–Trinajstić information content (AvgIpc) is 3.06. The predicted molar refractivity (Wildman–Crippen MR) is 107 cm³/mol. The van der Waals surface area contributed by atoms with Crippen LogP contribution in [0.25, 0.3) is 0 Å². The summed E-state index contributed by atoms with van der Waals surface area (Å²) in [5.41, 5.74) is 0.532. The number of benzene rings is 1. The topological polar surface area (TPSA) is 115 Å². The fourth-order valence-corrected chi connectivity index (χ4v) is 5.10.